The van der Waals surface area contributed by atoms with E-state index in [-0.39, 0.29) is 0 Å². The minimum atomic E-state index is -2.47. The van der Waals surface area contributed by atoms with E-state index in [4.69, 9.17) is 9.79 Å². The van der Waals surface area contributed by atoms with Crippen molar-refractivity contribution < 1.29 is 9.09 Å². The zero-order chi connectivity index (χ0) is 10.2. The second kappa shape index (κ2) is 7.12. The van der Waals surface area contributed by atoms with Crippen LogP contribution in [-0.4, -0.2) is 18.9 Å². The molecule has 0 aromatic rings. The van der Waals surface area contributed by atoms with E-state index in [1.165, 1.54) is 0 Å². The van der Waals surface area contributed by atoms with E-state index < -0.39 is 7.37 Å². The lowest BCUT2D eigenvalue weighted by Gasteiger charge is -2.14. The van der Waals surface area contributed by atoms with Gasteiger partial charge in [-0.3, -0.25) is 4.57 Å². The summed E-state index contributed by atoms with van der Waals surface area (Å²) < 4.78 is 17.2. The van der Waals surface area contributed by atoms with Crippen LogP contribution in [0, 0.1) is 11.3 Å². The molecular formula is C9H18NO2P. The van der Waals surface area contributed by atoms with E-state index >= 15 is 0 Å². The van der Waals surface area contributed by atoms with Crippen molar-refractivity contribution in [1.29, 1.82) is 5.26 Å². The maximum absolute atomic E-state index is 11.8. The van der Waals surface area contributed by atoms with Crippen molar-refractivity contribution in [3.63, 3.8) is 0 Å². The van der Waals surface area contributed by atoms with Crippen LogP contribution in [0.25, 0.3) is 0 Å². The second-order valence-electron chi connectivity index (χ2n) is 2.95. The number of nitriles is 1. The van der Waals surface area contributed by atoms with Crippen molar-refractivity contribution in [3.8, 4) is 6.07 Å². The van der Waals surface area contributed by atoms with Gasteiger partial charge in [-0.05, 0) is 6.42 Å². The first-order valence-electron chi connectivity index (χ1n) is 4.78. The molecule has 0 rings (SSSR count). The van der Waals surface area contributed by atoms with Crippen LogP contribution in [0.2, 0.25) is 0 Å². The van der Waals surface area contributed by atoms with Gasteiger partial charge in [-0.2, -0.15) is 5.26 Å². The fraction of sp³-hybridized carbons (Fsp3) is 0.889. The molecule has 0 heterocycles. The standard InChI is InChI=1S/C9H18NO2P/c1-3-5-8-12-13(11,4-2)9-6-7-10/h3-6,8-9H2,1-2H3/t13-/m0/s1. The molecule has 0 bridgehead atoms. The molecule has 1 atom stereocenters. The number of nitrogens with zero attached hydrogens (tertiary/aromatic N) is 1. The van der Waals surface area contributed by atoms with Gasteiger partial charge in [0, 0.05) is 18.7 Å². The zero-order valence-corrected chi connectivity index (χ0v) is 9.35. The molecule has 0 spiro atoms. The molecule has 0 aliphatic rings. The Labute approximate surface area is 80.5 Å². The van der Waals surface area contributed by atoms with Crippen LogP contribution in [0.15, 0.2) is 0 Å². The number of unbranched alkanes of at least 4 members (excludes halogenated alkanes) is 1. The third-order valence-corrected chi connectivity index (χ3v) is 4.39. The van der Waals surface area contributed by atoms with Crippen molar-refractivity contribution in [1.82, 2.24) is 0 Å². The van der Waals surface area contributed by atoms with E-state index in [1.54, 1.807) is 0 Å². The van der Waals surface area contributed by atoms with E-state index in [0.717, 1.165) is 12.8 Å². The molecule has 0 amide bonds. The van der Waals surface area contributed by atoms with Crippen molar-refractivity contribution in [3.05, 3.63) is 0 Å². The summed E-state index contributed by atoms with van der Waals surface area (Å²) in [6.45, 7) is 4.48. The van der Waals surface area contributed by atoms with Crippen LogP contribution in [0.5, 0.6) is 0 Å². The third-order valence-electron chi connectivity index (χ3n) is 1.87. The lowest BCUT2D eigenvalue weighted by atomic mass is 10.4. The predicted octanol–water partition coefficient (Wildman–Crippen LogP) is 3.01. The van der Waals surface area contributed by atoms with Crippen LogP contribution in [-0.2, 0) is 9.09 Å². The summed E-state index contributed by atoms with van der Waals surface area (Å²) in [5, 5.41) is 8.37. The Balaban J connectivity index is 3.83. The molecule has 0 radical (unpaired) electrons. The molecule has 0 saturated heterocycles. The minimum Gasteiger partial charge on any atom is -0.328 e. The van der Waals surface area contributed by atoms with Crippen LogP contribution in [0.3, 0.4) is 0 Å². The van der Waals surface area contributed by atoms with Crippen LogP contribution in [0.4, 0.5) is 0 Å². The molecule has 0 aromatic heterocycles. The molecule has 0 unspecified atom stereocenters. The van der Waals surface area contributed by atoms with E-state index in [0.29, 0.717) is 25.4 Å². The normalized spacial score (nSPS) is 14.8. The van der Waals surface area contributed by atoms with E-state index in [9.17, 15) is 4.57 Å². The maximum atomic E-state index is 11.8. The van der Waals surface area contributed by atoms with E-state index in [2.05, 4.69) is 6.92 Å². The molecule has 0 aliphatic carbocycles. The molecular weight excluding hydrogens is 185 g/mol. The summed E-state index contributed by atoms with van der Waals surface area (Å²) in [7, 11) is -2.47. The van der Waals surface area contributed by atoms with E-state index in [1.807, 2.05) is 13.0 Å². The van der Waals surface area contributed by atoms with Crippen molar-refractivity contribution in [2.75, 3.05) is 18.9 Å². The Bertz CT molecular complexity index is 210. The van der Waals surface area contributed by atoms with Gasteiger partial charge < -0.3 is 4.52 Å². The highest BCUT2D eigenvalue weighted by Crippen LogP contribution is 2.46. The van der Waals surface area contributed by atoms with Gasteiger partial charge in [0.2, 0.25) is 7.37 Å². The molecule has 0 N–H and O–H groups in total. The van der Waals surface area contributed by atoms with Crippen LogP contribution < -0.4 is 0 Å². The molecule has 0 aromatic carbocycles. The smallest absolute Gasteiger partial charge is 0.203 e. The van der Waals surface area contributed by atoms with Gasteiger partial charge in [-0.25, -0.2) is 0 Å². The van der Waals surface area contributed by atoms with Gasteiger partial charge in [0.25, 0.3) is 0 Å². The van der Waals surface area contributed by atoms with Gasteiger partial charge >= 0.3 is 0 Å². The fourth-order valence-corrected chi connectivity index (χ4v) is 2.44. The highest BCUT2D eigenvalue weighted by Gasteiger charge is 2.19. The number of hydrogen-bond donors (Lipinski definition) is 0. The first kappa shape index (κ1) is 12.7. The Kier molecular flexibility index (Phi) is 6.94. The van der Waals surface area contributed by atoms with Crippen LogP contribution in [0.1, 0.15) is 33.1 Å². The second-order valence-corrected chi connectivity index (χ2v) is 5.92. The molecule has 13 heavy (non-hydrogen) atoms. The lowest BCUT2D eigenvalue weighted by molar-refractivity contribution is 0.306. The van der Waals surface area contributed by atoms with Gasteiger partial charge in [0.15, 0.2) is 0 Å². The Morgan fingerprint density at radius 2 is 2.15 bits per heavy atom. The monoisotopic (exact) mass is 203 g/mol. The van der Waals surface area contributed by atoms with Gasteiger partial charge in [-0.1, -0.05) is 20.3 Å². The summed E-state index contributed by atoms with van der Waals surface area (Å²) in [6, 6.07) is 2.00. The van der Waals surface area contributed by atoms with Crippen LogP contribution >= 0.6 is 7.37 Å². The Morgan fingerprint density at radius 3 is 2.62 bits per heavy atom. The Morgan fingerprint density at radius 1 is 1.46 bits per heavy atom. The molecule has 0 aliphatic heterocycles. The average molecular weight is 203 g/mol. The number of rotatable bonds is 7. The predicted molar refractivity (Wildman–Crippen MR) is 54.1 cm³/mol. The van der Waals surface area contributed by atoms with Crippen molar-refractivity contribution in [2.45, 2.75) is 33.1 Å². The fourth-order valence-electron chi connectivity index (χ4n) is 0.910. The summed E-state index contributed by atoms with van der Waals surface area (Å²) >= 11 is 0. The van der Waals surface area contributed by atoms with Gasteiger partial charge in [-0.15, -0.1) is 0 Å². The SMILES string of the molecule is CCCCO[P@@](=O)(CC)CCC#N. The zero-order valence-electron chi connectivity index (χ0n) is 8.45. The quantitative estimate of drug-likeness (QED) is 0.472. The summed E-state index contributed by atoms with van der Waals surface area (Å²) in [5.74, 6) is 0. The summed E-state index contributed by atoms with van der Waals surface area (Å²) in [5.41, 5.74) is 0. The van der Waals surface area contributed by atoms with Gasteiger partial charge in [0.1, 0.15) is 0 Å². The maximum Gasteiger partial charge on any atom is 0.203 e. The topological polar surface area (TPSA) is 50.1 Å². The average Bonchev–Trinajstić information content (AvgIpc) is 2.15. The summed E-state index contributed by atoms with van der Waals surface area (Å²) in [6.07, 6.45) is 3.26. The molecule has 0 fully saturated rings. The first-order chi connectivity index (χ1) is 6.18. The highest BCUT2D eigenvalue weighted by atomic mass is 31.2. The van der Waals surface area contributed by atoms with Crippen molar-refractivity contribution in [2.24, 2.45) is 0 Å². The molecule has 3 nitrogen and oxygen atoms in total. The first-order valence-corrected chi connectivity index (χ1v) is 6.77. The molecule has 4 heteroatoms. The number of hydrogen-bond acceptors (Lipinski definition) is 3. The van der Waals surface area contributed by atoms with Gasteiger partial charge in [0.05, 0.1) is 12.7 Å². The molecule has 0 saturated carbocycles. The highest BCUT2D eigenvalue weighted by molar-refractivity contribution is 7.58. The minimum absolute atomic E-state index is 0.331. The largest absolute Gasteiger partial charge is 0.328 e. The third kappa shape index (κ3) is 5.85. The molecule has 76 valence electrons. The Hall–Kier alpha value is -0.320. The lowest BCUT2D eigenvalue weighted by Crippen LogP contribution is -1.99. The van der Waals surface area contributed by atoms with Crippen molar-refractivity contribution >= 4 is 7.37 Å². The summed E-state index contributed by atoms with van der Waals surface area (Å²) in [4.78, 5) is 0.